The van der Waals surface area contributed by atoms with Crippen LogP contribution in [0.1, 0.15) is 57.4 Å². The number of unbranched alkanes of at least 4 members (excludes halogenated alkanes) is 3. The minimum Gasteiger partial charge on any atom is -0.342 e. The van der Waals surface area contributed by atoms with Crippen LogP contribution in [0.15, 0.2) is 24.3 Å². The van der Waals surface area contributed by atoms with Crippen molar-refractivity contribution in [2.24, 2.45) is 5.73 Å². The zero-order chi connectivity index (χ0) is 16.5. The molecule has 1 amide bonds. The van der Waals surface area contributed by atoms with Crippen LogP contribution < -0.4 is 5.73 Å². The summed E-state index contributed by atoms with van der Waals surface area (Å²) in [6.45, 7) is 4.99. The summed E-state index contributed by atoms with van der Waals surface area (Å²) in [7, 11) is 1.90. The van der Waals surface area contributed by atoms with Crippen molar-refractivity contribution in [1.82, 2.24) is 4.90 Å². The lowest BCUT2D eigenvalue weighted by Crippen LogP contribution is -2.38. The molecule has 5 heteroatoms. The molecule has 2 N–H and O–H groups in total. The summed E-state index contributed by atoms with van der Waals surface area (Å²) in [5, 5.41) is 0.741. The highest BCUT2D eigenvalue weighted by Gasteiger charge is 2.22. The van der Waals surface area contributed by atoms with Crippen LogP contribution in [0, 0.1) is 0 Å². The third kappa shape index (κ3) is 7.56. The first-order chi connectivity index (χ1) is 10.5. The molecule has 0 aliphatic carbocycles. The van der Waals surface area contributed by atoms with Crippen LogP contribution in [0.25, 0.3) is 0 Å². The molecular formula is C18H30Cl2N2O. The van der Waals surface area contributed by atoms with E-state index in [0.29, 0.717) is 6.42 Å². The molecule has 1 aromatic carbocycles. The van der Waals surface area contributed by atoms with Gasteiger partial charge in [0.2, 0.25) is 5.91 Å². The van der Waals surface area contributed by atoms with Crippen LogP contribution in [0.5, 0.6) is 0 Å². The normalized spacial score (nSPS) is 13.1. The average molecular weight is 361 g/mol. The number of nitrogens with zero attached hydrogens (tertiary/aromatic N) is 1. The van der Waals surface area contributed by atoms with E-state index in [4.69, 9.17) is 17.3 Å². The zero-order valence-electron chi connectivity index (χ0n) is 14.4. The van der Waals surface area contributed by atoms with Gasteiger partial charge >= 0.3 is 0 Å². The number of halogens is 2. The van der Waals surface area contributed by atoms with Crippen LogP contribution in [0.4, 0.5) is 0 Å². The molecule has 2 unspecified atom stereocenters. The standard InChI is InChI=1S/C18H29ClN2O.ClH/c1-14(16-9-11-17(19)12-10-16)15(2)21(3)18(22)8-6-4-5-7-13-20;/h9-12,14-15H,4-8,13,20H2,1-3H3;1H. The lowest BCUT2D eigenvalue weighted by atomic mass is 9.93. The number of amides is 1. The van der Waals surface area contributed by atoms with Crippen LogP contribution in [0.3, 0.4) is 0 Å². The van der Waals surface area contributed by atoms with Gasteiger partial charge in [-0.05, 0) is 44.0 Å². The largest absolute Gasteiger partial charge is 0.342 e. The van der Waals surface area contributed by atoms with Gasteiger partial charge in [-0.15, -0.1) is 12.4 Å². The molecule has 0 aromatic heterocycles. The molecule has 0 saturated heterocycles. The topological polar surface area (TPSA) is 46.3 Å². The molecule has 0 fully saturated rings. The summed E-state index contributed by atoms with van der Waals surface area (Å²) in [6.07, 6.45) is 4.82. The summed E-state index contributed by atoms with van der Waals surface area (Å²) in [5.74, 6) is 0.504. The number of likely N-dealkylation sites (N-methyl/N-ethyl adjacent to an activating group) is 1. The van der Waals surface area contributed by atoms with Crippen molar-refractivity contribution in [2.45, 2.75) is 57.9 Å². The Bertz CT molecular complexity index is 451. The number of rotatable bonds is 9. The zero-order valence-corrected chi connectivity index (χ0v) is 16.0. The Hall–Kier alpha value is -0.770. The Labute approximate surface area is 152 Å². The number of carbonyl (C=O) groups is 1. The molecule has 3 nitrogen and oxygen atoms in total. The van der Waals surface area contributed by atoms with Gasteiger partial charge in [-0.2, -0.15) is 0 Å². The predicted molar refractivity (Wildman–Crippen MR) is 101 cm³/mol. The van der Waals surface area contributed by atoms with Crippen LogP contribution >= 0.6 is 24.0 Å². The Morgan fingerprint density at radius 3 is 2.26 bits per heavy atom. The second-order valence-corrected chi connectivity index (χ2v) is 6.47. The van der Waals surface area contributed by atoms with Gasteiger partial charge in [0.25, 0.3) is 0 Å². The monoisotopic (exact) mass is 360 g/mol. The van der Waals surface area contributed by atoms with Gasteiger partial charge in [-0.3, -0.25) is 4.79 Å². The molecule has 0 saturated carbocycles. The summed E-state index contributed by atoms with van der Waals surface area (Å²) in [4.78, 5) is 14.2. The van der Waals surface area contributed by atoms with E-state index in [0.717, 1.165) is 37.3 Å². The molecule has 0 radical (unpaired) electrons. The van der Waals surface area contributed by atoms with E-state index in [1.54, 1.807) is 0 Å². The fourth-order valence-electron chi connectivity index (χ4n) is 2.56. The number of nitrogens with two attached hydrogens (primary N) is 1. The highest BCUT2D eigenvalue weighted by molar-refractivity contribution is 6.30. The molecule has 23 heavy (non-hydrogen) atoms. The first-order valence-electron chi connectivity index (χ1n) is 8.18. The van der Waals surface area contributed by atoms with Crippen molar-refractivity contribution in [3.63, 3.8) is 0 Å². The fourth-order valence-corrected chi connectivity index (χ4v) is 2.68. The second-order valence-electron chi connectivity index (χ2n) is 6.04. The van der Waals surface area contributed by atoms with Gasteiger partial charge < -0.3 is 10.6 Å². The summed E-state index contributed by atoms with van der Waals surface area (Å²) in [6, 6.07) is 8.04. The van der Waals surface area contributed by atoms with Crippen molar-refractivity contribution >= 4 is 29.9 Å². The second kappa shape index (κ2) is 11.7. The predicted octanol–water partition coefficient (Wildman–Crippen LogP) is 4.62. The lowest BCUT2D eigenvalue weighted by Gasteiger charge is -2.30. The molecule has 0 heterocycles. The van der Waals surface area contributed by atoms with E-state index in [9.17, 15) is 4.79 Å². The van der Waals surface area contributed by atoms with Crippen molar-refractivity contribution in [2.75, 3.05) is 13.6 Å². The van der Waals surface area contributed by atoms with E-state index in [2.05, 4.69) is 13.8 Å². The number of hydrogen-bond donors (Lipinski definition) is 1. The van der Waals surface area contributed by atoms with Gasteiger partial charge in [0, 0.05) is 30.5 Å². The highest BCUT2D eigenvalue weighted by atomic mass is 35.5. The van der Waals surface area contributed by atoms with Gasteiger partial charge in [-0.25, -0.2) is 0 Å². The molecule has 0 bridgehead atoms. The number of carbonyl (C=O) groups excluding carboxylic acids is 1. The van der Waals surface area contributed by atoms with Gasteiger partial charge in [0.05, 0.1) is 0 Å². The number of benzene rings is 1. The van der Waals surface area contributed by atoms with E-state index in [-0.39, 0.29) is 30.3 Å². The molecule has 2 atom stereocenters. The van der Waals surface area contributed by atoms with Crippen molar-refractivity contribution in [1.29, 1.82) is 0 Å². The smallest absolute Gasteiger partial charge is 0.222 e. The summed E-state index contributed by atoms with van der Waals surface area (Å²) in [5.41, 5.74) is 6.68. The molecule has 0 aliphatic heterocycles. The molecule has 132 valence electrons. The van der Waals surface area contributed by atoms with E-state index < -0.39 is 0 Å². The first-order valence-corrected chi connectivity index (χ1v) is 8.56. The fraction of sp³-hybridized carbons (Fsp3) is 0.611. The average Bonchev–Trinajstić information content (AvgIpc) is 2.53. The van der Waals surface area contributed by atoms with Crippen molar-refractivity contribution < 1.29 is 4.79 Å². The Balaban J connectivity index is 0.00000484. The van der Waals surface area contributed by atoms with Crippen LogP contribution in [-0.2, 0) is 4.79 Å². The lowest BCUT2D eigenvalue weighted by molar-refractivity contribution is -0.132. The van der Waals surface area contributed by atoms with E-state index in [1.165, 1.54) is 5.56 Å². The Morgan fingerprint density at radius 1 is 1.13 bits per heavy atom. The molecule has 1 aromatic rings. The molecule has 0 aliphatic rings. The van der Waals surface area contributed by atoms with Gasteiger partial charge in [-0.1, -0.05) is 43.5 Å². The Morgan fingerprint density at radius 2 is 1.70 bits per heavy atom. The van der Waals surface area contributed by atoms with Gasteiger partial charge in [0.15, 0.2) is 0 Å². The van der Waals surface area contributed by atoms with Crippen LogP contribution in [0.2, 0.25) is 5.02 Å². The first kappa shape index (κ1) is 22.2. The maximum Gasteiger partial charge on any atom is 0.222 e. The summed E-state index contributed by atoms with van der Waals surface area (Å²) < 4.78 is 0. The third-order valence-electron chi connectivity index (χ3n) is 4.47. The Kier molecular flexibility index (Phi) is 11.3. The molecule has 1 rings (SSSR count). The highest BCUT2D eigenvalue weighted by Crippen LogP contribution is 2.24. The van der Waals surface area contributed by atoms with Gasteiger partial charge in [0.1, 0.15) is 0 Å². The van der Waals surface area contributed by atoms with E-state index >= 15 is 0 Å². The number of hydrogen-bond acceptors (Lipinski definition) is 2. The third-order valence-corrected chi connectivity index (χ3v) is 4.72. The maximum absolute atomic E-state index is 12.3. The minimum atomic E-state index is 0. The summed E-state index contributed by atoms with van der Waals surface area (Å²) >= 11 is 5.93. The SMILES string of the molecule is CC(c1ccc(Cl)cc1)C(C)N(C)C(=O)CCCCCCN.Cl. The minimum absolute atomic E-state index is 0. The maximum atomic E-state index is 12.3. The van der Waals surface area contributed by atoms with E-state index in [1.807, 2.05) is 36.2 Å². The van der Waals surface area contributed by atoms with Crippen molar-refractivity contribution in [3.05, 3.63) is 34.9 Å². The molecular weight excluding hydrogens is 331 g/mol. The molecule has 0 spiro atoms. The van der Waals surface area contributed by atoms with Crippen LogP contribution in [-0.4, -0.2) is 30.4 Å². The quantitative estimate of drug-likeness (QED) is 0.652. The van der Waals surface area contributed by atoms with Crippen molar-refractivity contribution in [3.8, 4) is 0 Å².